The van der Waals surface area contributed by atoms with Gasteiger partial charge in [0.1, 0.15) is 11.5 Å². The van der Waals surface area contributed by atoms with Gasteiger partial charge in [0.15, 0.2) is 6.29 Å². The molecular formula is C11H10F2O3. The number of hydrogen-bond acceptors (Lipinski definition) is 3. The van der Waals surface area contributed by atoms with Crippen molar-refractivity contribution in [3.05, 3.63) is 29.3 Å². The van der Waals surface area contributed by atoms with Gasteiger partial charge in [0.2, 0.25) is 0 Å². The van der Waals surface area contributed by atoms with Gasteiger partial charge in [-0.2, -0.15) is 8.78 Å². The first-order chi connectivity index (χ1) is 7.54. The molecule has 0 radical (unpaired) electrons. The molecule has 0 amide bonds. The van der Waals surface area contributed by atoms with E-state index in [0.29, 0.717) is 11.8 Å². The van der Waals surface area contributed by atoms with Crippen molar-refractivity contribution < 1.29 is 23.1 Å². The average molecular weight is 228 g/mol. The Morgan fingerprint density at radius 2 is 2.19 bits per heavy atom. The summed E-state index contributed by atoms with van der Waals surface area (Å²) in [5, 5.41) is 0. The van der Waals surface area contributed by atoms with Crippen molar-refractivity contribution in [2.75, 3.05) is 0 Å². The largest absolute Gasteiger partial charge is 0.434 e. The number of halogens is 2. The van der Waals surface area contributed by atoms with E-state index in [1.54, 1.807) is 0 Å². The molecule has 1 rings (SSSR count). The van der Waals surface area contributed by atoms with E-state index in [2.05, 4.69) is 4.74 Å². The van der Waals surface area contributed by atoms with Crippen LogP contribution in [-0.2, 0) is 11.2 Å². The highest BCUT2D eigenvalue weighted by molar-refractivity contribution is 5.86. The molecule has 1 aromatic carbocycles. The molecule has 0 aliphatic carbocycles. The number of alkyl halides is 2. The first kappa shape index (κ1) is 12.3. The van der Waals surface area contributed by atoms with Gasteiger partial charge in [-0.1, -0.05) is 12.1 Å². The molecule has 0 aliphatic heterocycles. The molecule has 0 aromatic heterocycles. The molecule has 0 bridgehead atoms. The zero-order valence-corrected chi connectivity index (χ0v) is 8.57. The van der Waals surface area contributed by atoms with Crippen LogP contribution in [0.3, 0.4) is 0 Å². The quantitative estimate of drug-likeness (QED) is 0.726. The molecule has 0 atom stereocenters. The van der Waals surface area contributed by atoms with Crippen LogP contribution in [0, 0.1) is 0 Å². The molecule has 0 unspecified atom stereocenters. The number of benzene rings is 1. The van der Waals surface area contributed by atoms with Gasteiger partial charge in [0.25, 0.3) is 0 Å². The van der Waals surface area contributed by atoms with Crippen LogP contribution >= 0.6 is 0 Å². The van der Waals surface area contributed by atoms with Crippen LogP contribution in [0.25, 0.3) is 0 Å². The van der Waals surface area contributed by atoms with E-state index in [0.717, 1.165) is 0 Å². The topological polar surface area (TPSA) is 43.4 Å². The lowest BCUT2D eigenvalue weighted by molar-refractivity contribution is -0.116. The normalized spacial score (nSPS) is 10.2. The summed E-state index contributed by atoms with van der Waals surface area (Å²) < 4.78 is 28.2. The number of hydrogen-bond donors (Lipinski definition) is 0. The molecule has 86 valence electrons. The van der Waals surface area contributed by atoms with Crippen LogP contribution in [0.2, 0.25) is 0 Å². The standard InChI is InChI=1S/C11H10F2O3/c1-7(15)5-8-3-2-4-10(9(8)6-14)16-11(12)13/h2-4,6,11H,5H2,1H3. The fraction of sp³-hybridized carbons (Fsp3) is 0.273. The Kier molecular flexibility index (Phi) is 4.10. The van der Waals surface area contributed by atoms with E-state index >= 15 is 0 Å². The Labute approximate surface area is 91.0 Å². The molecule has 0 heterocycles. The Bertz CT molecular complexity index is 402. The maximum absolute atomic E-state index is 12.0. The second-order valence-corrected chi connectivity index (χ2v) is 3.20. The highest BCUT2D eigenvalue weighted by atomic mass is 19.3. The lowest BCUT2D eigenvalue weighted by Crippen LogP contribution is -2.07. The zero-order chi connectivity index (χ0) is 12.1. The summed E-state index contributed by atoms with van der Waals surface area (Å²) >= 11 is 0. The Balaban J connectivity index is 3.09. The Morgan fingerprint density at radius 1 is 1.50 bits per heavy atom. The molecule has 0 spiro atoms. The number of carbonyl (C=O) groups is 2. The molecular weight excluding hydrogens is 218 g/mol. The third-order valence-corrected chi connectivity index (χ3v) is 1.93. The van der Waals surface area contributed by atoms with Crippen molar-refractivity contribution in [3.8, 4) is 5.75 Å². The van der Waals surface area contributed by atoms with Crippen LogP contribution in [0.5, 0.6) is 5.75 Å². The SMILES string of the molecule is CC(=O)Cc1cccc(OC(F)F)c1C=O. The minimum Gasteiger partial charge on any atom is -0.434 e. The lowest BCUT2D eigenvalue weighted by Gasteiger charge is -2.09. The number of Topliss-reactive ketones (excluding diaryl/α,β-unsaturated/α-hetero) is 1. The monoisotopic (exact) mass is 228 g/mol. The van der Waals surface area contributed by atoms with Crippen LogP contribution in [0.4, 0.5) is 8.78 Å². The predicted molar refractivity (Wildman–Crippen MR) is 52.8 cm³/mol. The van der Waals surface area contributed by atoms with Crippen molar-refractivity contribution in [3.63, 3.8) is 0 Å². The third kappa shape index (κ3) is 3.12. The molecule has 5 heteroatoms. The maximum Gasteiger partial charge on any atom is 0.387 e. The summed E-state index contributed by atoms with van der Waals surface area (Å²) in [7, 11) is 0. The number of aldehydes is 1. The van der Waals surface area contributed by atoms with E-state index in [-0.39, 0.29) is 23.5 Å². The summed E-state index contributed by atoms with van der Waals surface area (Å²) in [4.78, 5) is 21.7. The van der Waals surface area contributed by atoms with Gasteiger partial charge in [-0.15, -0.1) is 0 Å². The third-order valence-electron chi connectivity index (χ3n) is 1.93. The minimum absolute atomic E-state index is 0.00185. The smallest absolute Gasteiger partial charge is 0.387 e. The van der Waals surface area contributed by atoms with E-state index < -0.39 is 6.61 Å². The molecule has 0 aliphatic rings. The van der Waals surface area contributed by atoms with E-state index in [1.165, 1.54) is 25.1 Å². The molecule has 16 heavy (non-hydrogen) atoms. The molecule has 3 nitrogen and oxygen atoms in total. The van der Waals surface area contributed by atoms with Crippen molar-refractivity contribution in [2.24, 2.45) is 0 Å². The molecule has 0 saturated carbocycles. The van der Waals surface area contributed by atoms with Gasteiger partial charge in [0.05, 0.1) is 5.56 Å². The second-order valence-electron chi connectivity index (χ2n) is 3.20. The number of carbonyl (C=O) groups excluding carboxylic acids is 2. The number of ether oxygens (including phenoxy) is 1. The van der Waals surface area contributed by atoms with E-state index in [4.69, 9.17) is 0 Å². The average Bonchev–Trinajstić information content (AvgIpc) is 2.16. The number of rotatable bonds is 5. The minimum atomic E-state index is -2.99. The molecule has 0 N–H and O–H groups in total. The van der Waals surface area contributed by atoms with Gasteiger partial charge in [-0.3, -0.25) is 9.59 Å². The van der Waals surface area contributed by atoms with Crippen LogP contribution in [0.15, 0.2) is 18.2 Å². The van der Waals surface area contributed by atoms with Gasteiger partial charge in [0, 0.05) is 6.42 Å². The second kappa shape index (κ2) is 5.34. The van der Waals surface area contributed by atoms with Gasteiger partial charge < -0.3 is 4.74 Å². The number of ketones is 1. The van der Waals surface area contributed by atoms with Crippen molar-refractivity contribution in [1.82, 2.24) is 0 Å². The fourth-order valence-electron chi connectivity index (χ4n) is 1.34. The highest BCUT2D eigenvalue weighted by Gasteiger charge is 2.13. The Morgan fingerprint density at radius 3 is 2.69 bits per heavy atom. The summed E-state index contributed by atoms with van der Waals surface area (Å²) in [5.41, 5.74) is 0.388. The molecule has 0 saturated heterocycles. The summed E-state index contributed by atoms with van der Waals surface area (Å²) in [6.07, 6.45) is 0.435. The van der Waals surface area contributed by atoms with Crippen molar-refractivity contribution in [1.29, 1.82) is 0 Å². The summed E-state index contributed by atoms with van der Waals surface area (Å²) in [6.45, 7) is -1.64. The summed E-state index contributed by atoms with van der Waals surface area (Å²) in [5.74, 6) is -0.360. The van der Waals surface area contributed by atoms with Gasteiger partial charge >= 0.3 is 6.61 Å². The predicted octanol–water partition coefficient (Wildman–Crippen LogP) is 2.23. The fourth-order valence-corrected chi connectivity index (χ4v) is 1.34. The van der Waals surface area contributed by atoms with Crippen LogP contribution < -0.4 is 4.74 Å². The van der Waals surface area contributed by atoms with Gasteiger partial charge in [-0.25, -0.2) is 0 Å². The molecule has 0 fully saturated rings. The van der Waals surface area contributed by atoms with Gasteiger partial charge in [-0.05, 0) is 18.6 Å². The van der Waals surface area contributed by atoms with E-state index in [9.17, 15) is 18.4 Å². The zero-order valence-electron chi connectivity index (χ0n) is 8.57. The first-order valence-corrected chi connectivity index (χ1v) is 4.56. The Hall–Kier alpha value is -1.78. The van der Waals surface area contributed by atoms with Crippen molar-refractivity contribution in [2.45, 2.75) is 20.0 Å². The van der Waals surface area contributed by atoms with E-state index in [1.807, 2.05) is 0 Å². The highest BCUT2D eigenvalue weighted by Crippen LogP contribution is 2.23. The summed E-state index contributed by atoms with van der Waals surface area (Å²) in [6, 6.07) is 4.26. The first-order valence-electron chi connectivity index (χ1n) is 4.56. The van der Waals surface area contributed by atoms with Crippen molar-refractivity contribution >= 4 is 12.1 Å². The maximum atomic E-state index is 12.0. The van der Waals surface area contributed by atoms with Crippen LogP contribution in [0.1, 0.15) is 22.8 Å². The molecule has 1 aromatic rings. The lowest BCUT2D eigenvalue weighted by atomic mass is 10.0. The van der Waals surface area contributed by atoms with Crippen LogP contribution in [-0.4, -0.2) is 18.7 Å².